The molecular formula is C6H13NO2. The Balaban J connectivity index is 2.49. The molecule has 0 bridgehead atoms. The third kappa shape index (κ3) is 1.41. The van der Waals surface area contributed by atoms with Crippen molar-refractivity contribution in [2.75, 3.05) is 13.2 Å². The smallest absolute Gasteiger partial charge is 0.100 e. The van der Waals surface area contributed by atoms with Gasteiger partial charge in [0.25, 0.3) is 0 Å². The van der Waals surface area contributed by atoms with Gasteiger partial charge in [0.1, 0.15) is 5.60 Å². The molecule has 1 aliphatic rings. The van der Waals surface area contributed by atoms with Crippen LogP contribution in [-0.2, 0) is 4.74 Å². The van der Waals surface area contributed by atoms with Crippen molar-refractivity contribution in [3.8, 4) is 0 Å². The van der Waals surface area contributed by atoms with Gasteiger partial charge in [-0.25, -0.2) is 0 Å². The van der Waals surface area contributed by atoms with Crippen LogP contribution < -0.4 is 5.73 Å². The molecular weight excluding hydrogens is 118 g/mol. The topological polar surface area (TPSA) is 55.5 Å². The highest BCUT2D eigenvalue weighted by Crippen LogP contribution is 2.16. The molecule has 9 heavy (non-hydrogen) atoms. The number of hydrogen-bond donors (Lipinski definition) is 2. The van der Waals surface area contributed by atoms with E-state index in [1.165, 1.54) is 0 Å². The lowest BCUT2D eigenvalue weighted by Crippen LogP contribution is -2.52. The second kappa shape index (κ2) is 2.25. The zero-order chi connectivity index (χ0) is 6.91. The largest absolute Gasteiger partial charge is 0.386 e. The lowest BCUT2D eigenvalue weighted by atomic mass is 9.94. The van der Waals surface area contributed by atoms with E-state index in [9.17, 15) is 5.11 Å². The number of ether oxygens (including phenoxy) is 1. The van der Waals surface area contributed by atoms with E-state index in [4.69, 9.17) is 10.5 Å². The highest BCUT2D eigenvalue weighted by molar-refractivity contribution is 4.87. The van der Waals surface area contributed by atoms with E-state index >= 15 is 0 Å². The minimum atomic E-state index is -0.807. The molecule has 0 aromatic rings. The summed E-state index contributed by atoms with van der Waals surface area (Å²) in [6.07, 6.45) is 0.757. The first-order valence-corrected chi connectivity index (χ1v) is 3.18. The second-order valence-electron chi connectivity index (χ2n) is 2.80. The molecule has 0 spiro atoms. The molecule has 0 radical (unpaired) electrons. The van der Waals surface area contributed by atoms with Crippen molar-refractivity contribution in [2.45, 2.75) is 25.0 Å². The van der Waals surface area contributed by atoms with Crippen molar-refractivity contribution in [3.63, 3.8) is 0 Å². The van der Waals surface area contributed by atoms with Crippen LogP contribution >= 0.6 is 0 Å². The summed E-state index contributed by atoms with van der Waals surface area (Å²) in [6, 6.07) is -0.119. The van der Waals surface area contributed by atoms with E-state index in [0.717, 1.165) is 6.42 Å². The van der Waals surface area contributed by atoms with Gasteiger partial charge in [0, 0.05) is 12.6 Å². The van der Waals surface area contributed by atoms with Crippen LogP contribution in [0.15, 0.2) is 0 Å². The van der Waals surface area contributed by atoms with Crippen molar-refractivity contribution >= 4 is 0 Å². The van der Waals surface area contributed by atoms with Gasteiger partial charge in [0.2, 0.25) is 0 Å². The molecule has 0 aliphatic carbocycles. The Kier molecular flexibility index (Phi) is 1.75. The third-order valence-corrected chi connectivity index (χ3v) is 1.77. The van der Waals surface area contributed by atoms with Crippen molar-refractivity contribution in [2.24, 2.45) is 5.73 Å². The summed E-state index contributed by atoms with van der Waals surface area (Å²) in [7, 11) is 0. The van der Waals surface area contributed by atoms with Crippen molar-refractivity contribution in [1.82, 2.24) is 0 Å². The van der Waals surface area contributed by atoms with Crippen LogP contribution in [0.5, 0.6) is 0 Å². The Labute approximate surface area is 54.8 Å². The average molecular weight is 131 g/mol. The maximum Gasteiger partial charge on any atom is 0.100 e. The van der Waals surface area contributed by atoms with Crippen molar-refractivity contribution in [1.29, 1.82) is 0 Å². The van der Waals surface area contributed by atoms with Gasteiger partial charge in [-0.05, 0) is 13.3 Å². The highest BCUT2D eigenvalue weighted by Gasteiger charge is 2.32. The fourth-order valence-corrected chi connectivity index (χ4v) is 0.907. The van der Waals surface area contributed by atoms with Gasteiger partial charge in [-0.15, -0.1) is 0 Å². The molecule has 1 fully saturated rings. The van der Waals surface area contributed by atoms with Crippen LogP contribution in [0.1, 0.15) is 13.3 Å². The molecule has 54 valence electrons. The van der Waals surface area contributed by atoms with Crippen LogP contribution in [0, 0.1) is 0 Å². The molecule has 2 atom stereocenters. The molecule has 2 unspecified atom stereocenters. The molecule has 1 rings (SSSR count). The molecule has 3 heteroatoms. The van der Waals surface area contributed by atoms with Crippen LogP contribution in [0.25, 0.3) is 0 Å². The summed E-state index contributed by atoms with van der Waals surface area (Å²) in [5, 5.41) is 9.39. The predicted octanol–water partition coefficient (Wildman–Crippen LogP) is -0.515. The summed E-state index contributed by atoms with van der Waals surface area (Å²) >= 11 is 0. The first-order valence-electron chi connectivity index (χ1n) is 3.18. The first-order chi connectivity index (χ1) is 4.13. The Bertz CT molecular complexity index is 103. The van der Waals surface area contributed by atoms with Gasteiger partial charge in [-0.3, -0.25) is 0 Å². The SMILES string of the molecule is CC1(O)COCCC1N. The number of aliphatic hydroxyl groups is 1. The predicted molar refractivity (Wildman–Crippen MR) is 34.0 cm³/mol. The standard InChI is InChI=1S/C6H13NO2/c1-6(8)4-9-3-2-5(6)7/h5,8H,2-4,7H2,1H3. The molecule has 0 aromatic carbocycles. The lowest BCUT2D eigenvalue weighted by molar-refractivity contribution is -0.0862. The molecule has 3 N–H and O–H groups in total. The van der Waals surface area contributed by atoms with Gasteiger partial charge in [-0.2, -0.15) is 0 Å². The Morgan fingerprint density at radius 3 is 2.78 bits per heavy atom. The van der Waals surface area contributed by atoms with Crippen LogP contribution in [0.3, 0.4) is 0 Å². The fraction of sp³-hybridized carbons (Fsp3) is 1.00. The average Bonchev–Trinajstić information content (AvgIpc) is 1.77. The maximum absolute atomic E-state index is 9.39. The maximum atomic E-state index is 9.39. The fourth-order valence-electron chi connectivity index (χ4n) is 0.907. The number of nitrogens with two attached hydrogens (primary N) is 1. The zero-order valence-electron chi connectivity index (χ0n) is 5.63. The van der Waals surface area contributed by atoms with Crippen LogP contribution in [0.4, 0.5) is 0 Å². The summed E-state index contributed by atoms with van der Waals surface area (Å²) in [6.45, 7) is 2.75. The van der Waals surface area contributed by atoms with E-state index in [-0.39, 0.29) is 6.04 Å². The second-order valence-corrected chi connectivity index (χ2v) is 2.80. The van der Waals surface area contributed by atoms with Crippen molar-refractivity contribution in [3.05, 3.63) is 0 Å². The van der Waals surface area contributed by atoms with Crippen molar-refractivity contribution < 1.29 is 9.84 Å². The van der Waals surface area contributed by atoms with Gasteiger partial charge >= 0.3 is 0 Å². The molecule has 3 nitrogen and oxygen atoms in total. The molecule has 0 amide bonds. The normalized spacial score (nSPS) is 45.0. The van der Waals surface area contributed by atoms with E-state index in [1.807, 2.05) is 0 Å². The van der Waals surface area contributed by atoms with E-state index in [1.54, 1.807) is 6.92 Å². The third-order valence-electron chi connectivity index (χ3n) is 1.77. The number of hydrogen-bond acceptors (Lipinski definition) is 3. The lowest BCUT2D eigenvalue weighted by Gasteiger charge is -2.33. The van der Waals surface area contributed by atoms with Gasteiger partial charge in [0.05, 0.1) is 6.61 Å². The molecule has 1 saturated heterocycles. The summed E-state index contributed by atoms with van der Waals surface area (Å²) in [4.78, 5) is 0. The Morgan fingerprint density at radius 1 is 1.78 bits per heavy atom. The zero-order valence-corrected chi connectivity index (χ0v) is 5.63. The summed E-state index contributed by atoms with van der Waals surface area (Å²) in [5.41, 5.74) is 4.78. The minimum absolute atomic E-state index is 0.119. The van der Waals surface area contributed by atoms with Gasteiger partial charge in [-0.1, -0.05) is 0 Å². The monoisotopic (exact) mass is 131 g/mol. The Hall–Kier alpha value is -0.120. The summed E-state index contributed by atoms with van der Waals surface area (Å²) in [5.74, 6) is 0. The summed E-state index contributed by atoms with van der Waals surface area (Å²) < 4.78 is 5.03. The Morgan fingerprint density at radius 2 is 2.44 bits per heavy atom. The molecule has 0 aromatic heterocycles. The van der Waals surface area contributed by atoms with Gasteiger partial charge in [0.15, 0.2) is 0 Å². The molecule has 1 heterocycles. The minimum Gasteiger partial charge on any atom is -0.386 e. The molecule has 0 saturated carbocycles. The number of rotatable bonds is 0. The highest BCUT2D eigenvalue weighted by atomic mass is 16.5. The van der Waals surface area contributed by atoms with Crippen LogP contribution in [0.2, 0.25) is 0 Å². The first kappa shape index (κ1) is 6.99. The van der Waals surface area contributed by atoms with Gasteiger partial charge < -0.3 is 15.6 Å². The van der Waals surface area contributed by atoms with E-state index < -0.39 is 5.60 Å². The van der Waals surface area contributed by atoms with Crippen LogP contribution in [-0.4, -0.2) is 30.0 Å². The van der Waals surface area contributed by atoms with E-state index in [0.29, 0.717) is 13.2 Å². The molecule has 1 aliphatic heterocycles. The quantitative estimate of drug-likeness (QED) is 0.465. The van der Waals surface area contributed by atoms with E-state index in [2.05, 4.69) is 0 Å².